The highest BCUT2D eigenvalue weighted by atomic mass is 16.2. The van der Waals surface area contributed by atoms with E-state index in [1.807, 2.05) is 4.90 Å². The van der Waals surface area contributed by atoms with Crippen molar-refractivity contribution in [1.82, 2.24) is 10.2 Å². The molecule has 2 amide bonds. The molecule has 1 aliphatic heterocycles. The average Bonchev–Trinajstić information content (AvgIpc) is 2.42. The minimum atomic E-state index is -0.186. The number of rotatable bonds is 6. The molecule has 5 heteroatoms. The fourth-order valence-corrected chi connectivity index (χ4v) is 2.44. The van der Waals surface area contributed by atoms with Crippen LogP contribution in [-0.4, -0.2) is 42.9 Å². The van der Waals surface area contributed by atoms with E-state index in [1.165, 1.54) is 6.42 Å². The van der Waals surface area contributed by atoms with Gasteiger partial charge in [0.05, 0.1) is 12.5 Å². The van der Waals surface area contributed by atoms with Gasteiger partial charge in [0.25, 0.3) is 0 Å². The number of amides is 2. The maximum Gasteiger partial charge on any atom is 0.241 e. The predicted molar refractivity (Wildman–Crippen MR) is 75.4 cm³/mol. The van der Waals surface area contributed by atoms with Crippen molar-refractivity contribution >= 4 is 11.8 Å². The van der Waals surface area contributed by atoms with E-state index in [0.29, 0.717) is 12.5 Å². The molecule has 1 atom stereocenters. The molecule has 0 aromatic rings. The van der Waals surface area contributed by atoms with Crippen LogP contribution in [0.4, 0.5) is 0 Å². The lowest BCUT2D eigenvalue weighted by Crippen LogP contribution is -2.45. The number of carbonyl (C=O) groups is 2. The maximum atomic E-state index is 11.9. The molecule has 3 N–H and O–H groups in total. The monoisotopic (exact) mass is 269 g/mol. The first-order valence-corrected chi connectivity index (χ1v) is 7.30. The van der Waals surface area contributed by atoms with Crippen molar-refractivity contribution in [3.63, 3.8) is 0 Å². The normalized spacial score (nSPS) is 17.4. The van der Waals surface area contributed by atoms with Gasteiger partial charge in [-0.1, -0.05) is 13.8 Å². The predicted octanol–water partition coefficient (Wildman–Crippen LogP) is 0.736. The number of carbonyl (C=O) groups excluding carboxylic acids is 2. The molecule has 19 heavy (non-hydrogen) atoms. The quantitative estimate of drug-likeness (QED) is 0.746. The van der Waals surface area contributed by atoms with E-state index in [4.69, 9.17) is 5.73 Å². The summed E-state index contributed by atoms with van der Waals surface area (Å²) in [5, 5.41) is 2.73. The Bertz CT molecular complexity index is 299. The summed E-state index contributed by atoms with van der Waals surface area (Å²) in [5.74, 6) is 0.168. The Kier molecular flexibility index (Phi) is 6.84. The van der Waals surface area contributed by atoms with Gasteiger partial charge in [-0.05, 0) is 31.6 Å². The highest BCUT2D eigenvalue weighted by Crippen LogP contribution is 2.11. The third kappa shape index (κ3) is 5.59. The molecule has 0 saturated carbocycles. The Balaban J connectivity index is 2.33. The van der Waals surface area contributed by atoms with Crippen LogP contribution < -0.4 is 11.1 Å². The van der Waals surface area contributed by atoms with Gasteiger partial charge in [-0.3, -0.25) is 9.59 Å². The summed E-state index contributed by atoms with van der Waals surface area (Å²) in [7, 11) is 0. The smallest absolute Gasteiger partial charge is 0.241 e. The zero-order valence-electron chi connectivity index (χ0n) is 12.2. The molecule has 5 nitrogen and oxygen atoms in total. The third-order valence-corrected chi connectivity index (χ3v) is 3.53. The molecule has 1 heterocycles. The molecule has 0 aromatic heterocycles. The summed E-state index contributed by atoms with van der Waals surface area (Å²) in [5.41, 5.74) is 5.61. The number of piperidine rings is 1. The molecule has 1 unspecified atom stereocenters. The summed E-state index contributed by atoms with van der Waals surface area (Å²) in [4.78, 5) is 25.7. The van der Waals surface area contributed by atoms with E-state index < -0.39 is 0 Å². The zero-order chi connectivity index (χ0) is 14.3. The summed E-state index contributed by atoms with van der Waals surface area (Å²) in [6, 6.07) is 0. The van der Waals surface area contributed by atoms with Crippen molar-refractivity contribution in [3.05, 3.63) is 0 Å². The van der Waals surface area contributed by atoms with Crippen LogP contribution >= 0.6 is 0 Å². The fraction of sp³-hybridized carbons (Fsp3) is 0.857. The van der Waals surface area contributed by atoms with Crippen LogP contribution in [-0.2, 0) is 9.59 Å². The highest BCUT2D eigenvalue weighted by molar-refractivity contribution is 5.86. The number of hydrogen-bond donors (Lipinski definition) is 2. The summed E-state index contributed by atoms with van der Waals surface area (Å²) >= 11 is 0. The molecule has 1 aliphatic rings. The van der Waals surface area contributed by atoms with E-state index >= 15 is 0 Å². The first kappa shape index (κ1) is 16.0. The van der Waals surface area contributed by atoms with Gasteiger partial charge in [0, 0.05) is 19.6 Å². The van der Waals surface area contributed by atoms with Crippen LogP contribution in [0, 0.1) is 11.8 Å². The molecule has 1 saturated heterocycles. The first-order valence-electron chi connectivity index (χ1n) is 7.30. The van der Waals surface area contributed by atoms with E-state index in [2.05, 4.69) is 19.2 Å². The number of hydrogen-bond acceptors (Lipinski definition) is 3. The van der Waals surface area contributed by atoms with E-state index in [-0.39, 0.29) is 24.3 Å². The second-order valence-electron chi connectivity index (χ2n) is 5.72. The van der Waals surface area contributed by atoms with Gasteiger partial charge in [-0.2, -0.15) is 0 Å². The highest BCUT2D eigenvalue weighted by Gasteiger charge is 2.21. The van der Waals surface area contributed by atoms with Crippen LogP contribution in [0.15, 0.2) is 0 Å². The lowest BCUT2D eigenvalue weighted by Gasteiger charge is -2.27. The van der Waals surface area contributed by atoms with Gasteiger partial charge in [-0.25, -0.2) is 0 Å². The van der Waals surface area contributed by atoms with Gasteiger partial charge in [0.15, 0.2) is 0 Å². The Hall–Kier alpha value is -1.10. The number of nitrogens with zero attached hydrogens (tertiary/aromatic N) is 1. The summed E-state index contributed by atoms with van der Waals surface area (Å²) in [6.45, 7) is 6.21. The van der Waals surface area contributed by atoms with Gasteiger partial charge < -0.3 is 16.0 Å². The van der Waals surface area contributed by atoms with E-state index in [0.717, 1.165) is 32.4 Å². The van der Waals surface area contributed by atoms with Crippen LogP contribution in [0.2, 0.25) is 0 Å². The fourth-order valence-electron chi connectivity index (χ4n) is 2.44. The lowest BCUT2D eigenvalue weighted by atomic mass is 9.96. The average molecular weight is 269 g/mol. The van der Waals surface area contributed by atoms with E-state index in [1.54, 1.807) is 0 Å². The standard InChI is InChI=1S/C14H27N3O2/c1-11(2)8-12(9-15)14(19)16-10-13(18)17-6-4-3-5-7-17/h11-12H,3-10,15H2,1-2H3,(H,16,19). The van der Waals surface area contributed by atoms with Crippen LogP contribution in [0.25, 0.3) is 0 Å². The second-order valence-corrected chi connectivity index (χ2v) is 5.72. The zero-order valence-corrected chi connectivity index (χ0v) is 12.2. The third-order valence-electron chi connectivity index (χ3n) is 3.53. The molecule has 0 radical (unpaired) electrons. The van der Waals surface area contributed by atoms with Crippen molar-refractivity contribution in [3.8, 4) is 0 Å². The van der Waals surface area contributed by atoms with Gasteiger partial charge in [0.1, 0.15) is 0 Å². The van der Waals surface area contributed by atoms with Gasteiger partial charge in [0.2, 0.25) is 11.8 Å². The van der Waals surface area contributed by atoms with Crippen molar-refractivity contribution in [2.75, 3.05) is 26.2 Å². The number of likely N-dealkylation sites (tertiary alicyclic amines) is 1. The second kappa shape index (κ2) is 8.15. The van der Waals surface area contributed by atoms with Crippen molar-refractivity contribution in [2.24, 2.45) is 17.6 Å². The van der Waals surface area contributed by atoms with Crippen molar-refractivity contribution < 1.29 is 9.59 Å². The lowest BCUT2D eigenvalue weighted by molar-refractivity contribution is -0.134. The minimum Gasteiger partial charge on any atom is -0.347 e. The Morgan fingerprint density at radius 2 is 1.84 bits per heavy atom. The topological polar surface area (TPSA) is 75.4 Å². The molecular weight excluding hydrogens is 242 g/mol. The summed E-state index contributed by atoms with van der Waals surface area (Å²) < 4.78 is 0. The number of nitrogens with two attached hydrogens (primary N) is 1. The molecule has 110 valence electrons. The maximum absolute atomic E-state index is 11.9. The molecular formula is C14H27N3O2. The largest absolute Gasteiger partial charge is 0.347 e. The molecule has 0 spiro atoms. The summed E-state index contributed by atoms with van der Waals surface area (Å²) in [6.07, 6.45) is 4.09. The Labute approximate surface area is 115 Å². The number of nitrogens with one attached hydrogen (secondary N) is 1. The minimum absolute atomic E-state index is 0.0216. The van der Waals surface area contributed by atoms with E-state index in [9.17, 15) is 9.59 Å². The SMILES string of the molecule is CC(C)CC(CN)C(=O)NCC(=O)N1CCCCC1. The first-order chi connectivity index (χ1) is 9.04. The van der Waals surface area contributed by atoms with Crippen molar-refractivity contribution in [1.29, 1.82) is 0 Å². The molecule has 0 aromatic carbocycles. The molecule has 1 rings (SSSR count). The van der Waals surface area contributed by atoms with Gasteiger partial charge >= 0.3 is 0 Å². The van der Waals surface area contributed by atoms with Gasteiger partial charge in [-0.15, -0.1) is 0 Å². The molecule has 0 bridgehead atoms. The van der Waals surface area contributed by atoms with Crippen LogP contribution in [0.1, 0.15) is 39.5 Å². The van der Waals surface area contributed by atoms with Crippen molar-refractivity contribution in [2.45, 2.75) is 39.5 Å². The Morgan fingerprint density at radius 1 is 1.21 bits per heavy atom. The van der Waals surface area contributed by atoms with Crippen LogP contribution in [0.5, 0.6) is 0 Å². The molecule has 1 fully saturated rings. The Morgan fingerprint density at radius 3 is 2.37 bits per heavy atom. The molecule has 0 aliphatic carbocycles. The van der Waals surface area contributed by atoms with Crippen LogP contribution in [0.3, 0.4) is 0 Å².